The molecule has 1 aliphatic carbocycles. The fraction of sp³-hybridized carbons (Fsp3) is 0.300. The summed E-state index contributed by atoms with van der Waals surface area (Å²) < 4.78 is 7.85. The van der Waals surface area contributed by atoms with Crippen molar-refractivity contribution >= 4 is 17.5 Å². The molecular weight excluding hydrogens is 360 g/mol. The number of carbonyl (C=O) groups excluding carboxylic acids is 1. The zero-order chi connectivity index (χ0) is 18.6. The van der Waals surface area contributed by atoms with E-state index in [1.807, 2.05) is 47.9 Å². The maximum absolute atomic E-state index is 11.7. The number of carbonyl (C=O) groups is 1. The minimum atomic E-state index is 0.237. The van der Waals surface area contributed by atoms with Crippen molar-refractivity contribution in [2.45, 2.75) is 36.6 Å². The first-order valence-corrected chi connectivity index (χ1v) is 9.90. The minimum absolute atomic E-state index is 0.237. The molecule has 0 radical (unpaired) electrons. The van der Waals surface area contributed by atoms with Crippen LogP contribution in [-0.4, -0.2) is 37.4 Å². The lowest BCUT2D eigenvalue weighted by atomic mass is 10.2. The van der Waals surface area contributed by atoms with Crippen molar-refractivity contribution in [2.24, 2.45) is 0 Å². The van der Waals surface area contributed by atoms with E-state index in [4.69, 9.17) is 4.74 Å². The summed E-state index contributed by atoms with van der Waals surface area (Å²) in [6, 6.07) is 11.7. The fourth-order valence-electron chi connectivity index (χ4n) is 3.19. The predicted molar refractivity (Wildman–Crippen MR) is 104 cm³/mol. The van der Waals surface area contributed by atoms with Gasteiger partial charge in [-0.25, -0.2) is 0 Å². The Morgan fingerprint density at radius 2 is 2.11 bits per heavy atom. The molecular formula is C20H20N4O2S. The Kier molecular flexibility index (Phi) is 5.20. The summed E-state index contributed by atoms with van der Waals surface area (Å²) in [6.45, 7) is 2.53. The molecule has 1 saturated carbocycles. The molecule has 2 heterocycles. The molecule has 0 saturated heterocycles. The zero-order valence-electron chi connectivity index (χ0n) is 15.0. The van der Waals surface area contributed by atoms with Crippen LogP contribution in [0.25, 0.3) is 17.1 Å². The smallest absolute Gasteiger partial charge is 0.196 e. The number of aromatic nitrogens is 4. The molecule has 4 rings (SSSR count). The van der Waals surface area contributed by atoms with Crippen molar-refractivity contribution in [1.29, 1.82) is 0 Å². The van der Waals surface area contributed by atoms with Gasteiger partial charge < -0.3 is 4.74 Å². The number of thioether (sulfide) groups is 1. The number of rotatable bonds is 6. The van der Waals surface area contributed by atoms with E-state index in [9.17, 15) is 4.79 Å². The average molecular weight is 380 g/mol. The molecule has 6 nitrogen and oxygen atoms in total. The molecule has 0 aliphatic heterocycles. The van der Waals surface area contributed by atoms with Gasteiger partial charge in [-0.1, -0.05) is 23.9 Å². The van der Waals surface area contributed by atoms with E-state index in [1.54, 1.807) is 24.2 Å². The van der Waals surface area contributed by atoms with Gasteiger partial charge in [-0.2, -0.15) is 0 Å². The van der Waals surface area contributed by atoms with Gasteiger partial charge in [0.05, 0.1) is 12.3 Å². The maximum Gasteiger partial charge on any atom is 0.196 e. The van der Waals surface area contributed by atoms with E-state index in [0.29, 0.717) is 31.1 Å². The van der Waals surface area contributed by atoms with Crippen LogP contribution in [-0.2, 0) is 4.79 Å². The molecule has 2 aromatic heterocycles. The number of benzene rings is 1. The highest BCUT2D eigenvalue weighted by atomic mass is 32.2. The Balaban J connectivity index is 1.81. The van der Waals surface area contributed by atoms with E-state index >= 15 is 0 Å². The molecule has 1 unspecified atom stereocenters. The quantitative estimate of drug-likeness (QED) is 0.645. The molecule has 138 valence electrons. The number of ketones is 1. The third-order valence-electron chi connectivity index (χ3n) is 4.43. The highest BCUT2D eigenvalue weighted by molar-refractivity contribution is 7.99. The average Bonchev–Trinajstić information content (AvgIpc) is 3.30. The SMILES string of the molecule is CCOc1ccccc1-n1c(SC2CCC(=O)C2)nnc1-c1cccnc1. The van der Waals surface area contributed by atoms with Gasteiger partial charge in [0.25, 0.3) is 0 Å². The summed E-state index contributed by atoms with van der Waals surface area (Å²) in [4.78, 5) is 15.9. The highest BCUT2D eigenvalue weighted by Gasteiger charge is 2.27. The van der Waals surface area contributed by atoms with E-state index in [0.717, 1.165) is 28.6 Å². The molecule has 0 N–H and O–H groups in total. The predicted octanol–water partition coefficient (Wildman–Crippen LogP) is 3.94. The molecule has 1 atom stereocenters. The Morgan fingerprint density at radius 3 is 2.85 bits per heavy atom. The number of hydrogen-bond donors (Lipinski definition) is 0. The molecule has 0 spiro atoms. The van der Waals surface area contributed by atoms with Crippen LogP contribution in [0, 0.1) is 0 Å². The van der Waals surface area contributed by atoms with E-state index < -0.39 is 0 Å². The number of para-hydroxylation sites is 2. The van der Waals surface area contributed by atoms with Crippen LogP contribution in [0.3, 0.4) is 0 Å². The van der Waals surface area contributed by atoms with Gasteiger partial charge in [0.1, 0.15) is 11.5 Å². The van der Waals surface area contributed by atoms with Gasteiger partial charge in [-0.05, 0) is 37.6 Å². The molecule has 0 bridgehead atoms. The van der Waals surface area contributed by atoms with Crippen LogP contribution >= 0.6 is 11.8 Å². The summed E-state index contributed by atoms with van der Waals surface area (Å²) in [7, 11) is 0. The molecule has 7 heteroatoms. The van der Waals surface area contributed by atoms with Crippen molar-refractivity contribution in [3.05, 3.63) is 48.8 Å². The molecule has 1 aromatic carbocycles. The normalized spacial score (nSPS) is 16.6. The third kappa shape index (κ3) is 3.73. The Labute approximate surface area is 162 Å². The lowest BCUT2D eigenvalue weighted by molar-refractivity contribution is -0.117. The van der Waals surface area contributed by atoms with E-state index in [-0.39, 0.29) is 5.25 Å². The number of pyridine rings is 1. The first-order chi connectivity index (χ1) is 13.3. The van der Waals surface area contributed by atoms with Gasteiger partial charge in [-0.15, -0.1) is 10.2 Å². The van der Waals surface area contributed by atoms with Gasteiger partial charge in [0.2, 0.25) is 0 Å². The van der Waals surface area contributed by atoms with Gasteiger partial charge >= 0.3 is 0 Å². The first-order valence-electron chi connectivity index (χ1n) is 9.02. The highest BCUT2D eigenvalue weighted by Crippen LogP contribution is 2.37. The number of Topliss-reactive ketones (excluding diaryl/α,β-unsaturated/α-hetero) is 1. The lowest BCUT2D eigenvalue weighted by Crippen LogP contribution is -2.06. The molecule has 0 amide bonds. The summed E-state index contributed by atoms with van der Waals surface area (Å²) in [6.07, 6.45) is 5.63. The first kappa shape index (κ1) is 17.7. The second-order valence-electron chi connectivity index (χ2n) is 6.31. The zero-order valence-corrected chi connectivity index (χ0v) is 15.9. The van der Waals surface area contributed by atoms with Crippen LogP contribution in [0.2, 0.25) is 0 Å². The fourth-order valence-corrected chi connectivity index (χ4v) is 4.38. The number of hydrogen-bond acceptors (Lipinski definition) is 6. The number of ether oxygens (including phenoxy) is 1. The monoisotopic (exact) mass is 380 g/mol. The standard InChI is InChI=1S/C20H20N4O2S/c1-2-26-18-8-4-3-7-17(18)24-19(14-6-5-11-21-13-14)22-23-20(24)27-16-10-9-15(25)12-16/h3-8,11,13,16H,2,9-10,12H2,1H3. The van der Waals surface area contributed by atoms with E-state index in [2.05, 4.69) is 15.2 Å². The summed E-state index contributed by atoms with van der Waals surface area (Å²) in [5.41, 5.74) is 1.76. The second kappa shape index (κ2) is 7.92. The van der Waals surface area contributed by atoms with Crippen molar-refractivity contribution in [3.8, 4) is 22.8 Å². The van der Waals surface area contributed by atoms with Gasteiger partial charge in [0, 0.05) is 36.0 Å². The van der Waals surface area contributed by atoms with Crippen molar-refractivity contribution < 1.29 is 9.53 Å². The van der Waals surface area contributed by atoms with Crippen LogP contribution < -0.4 is 4.74 Å². The number of nitrogens with zero attached hydrogens (tertiary/aromatic N) is 4. The maximum atomic E-state index is 11.7. The van der Waals surface area contributed by atoms with Crippen LogP contribution in [0.1, 0.15) is 26.2 Å². The second-order valence-corrected chi connectivity index (χ2v) is 7.57. The molecule has 1 aliphatic rings. The molecule has 1 fully saturated rings. The topological polar surface area (TPSA) is 69.9 Å². The van der Waals surface area contributed by atoms with Crippen molar-refractivity contribution in [3.63, 3.8) is 0 Å². The summed E-state index contributed by atoms with van der Waals surface area (Å²) in [5, 5.41) is 9.88. The lowest BCUT2D eigenvalue weighted by Gasteiger charge is -2.15. The minimum Gasteiger partial charge on any atom is -0.492 e. The van der Waals surface area contributed by atoms with Crippen LogP contribution in [0.15, 0.2) is 53.9 Å². The molecule has 3 aromatic rings. The van der Waals surface area contributed by atoms with E-state index in [1.165, 1.54) is 0 Å². The third-order valence-corrected chi connectivity index (χ3v) is 5.64. The van der Waals surface area contributed by atoms with Gasteiger partial charge in [-0.3, -0.25) is 14.3 Å². The van der Waals surface area contributed by atoms with Crippen molar-refractivity contribution in [1.82, 2.24) is 19.7 Å². The summed E-state index contributed by atoms with van der Waals surface area (Å²) in [5.74, 6) is 1.80. The van der Waals surface area contributed by atoms with Crippen LogP contribution in [0.5, 0.6) is 5.75 Å². The summed E-state index contributed by atoms with van der Waals surface area (Å²) >= 11 is 1.61. The Hall–Kier alpha value is -2.67. The van der Waals surface area contributed by atoms with Gasteiger partial charge in [0.15, 0.2) is 11.0 Å². The van der Waals surface area contributed by atoms with Crippen LogP contribution in [0.4, 0.5) is 0 Å². The Morgan fingerprint density at radius 1 is 1.22 bits per heavy atom. The molecule has 27 heavy (non-hydrogen) atoms. The van der Waals surface area contributed by atoms with Crippen molar-refractivity contribution in [2.75, 3.05) is 6.61 Å². The largest absolute Gasteiger partial charge is 0.492 e. The Bertz CT molecular complexity index is 942.